The van der Waals surface area contributed by atoms with Crippen LogP contribution in [0, 0.1) is 0 Å². The number of allylic oxidation sites excluding steroid dienone is 2. The average Bonchev–Trinajstić information content (AvgIpc) is 3.04. The van der Waals surface area contributed by atoms with Gasteiger partial charge >= 0.3 is 7.82 Å². The van der Waals surface area contributed by atoms with Crippen LogP contribution in [0.5, 0.6) is 0 Å². The van der Waals surface area contributed by atoms with E-state index in [0.29, 0.717) is 11.0 Å². The second-order valence-corrected chi connectivity index (χ2v) is 16.3. The van der Waals surface area contributed by atoms with Gasteiger partial charge in [-0.05, 0) is 37.8 Å². The second kappa shape index (κ2) is 34.6. The minimum Gasteiger partial charge on any atom is -0.498 e. The van der Waals surface area contributed by atoms with Crippen molar-refractivity contribution in [3.8, 4) is 0 Å². The highest BCUT2D eigenvalue weighted by Crippen LogP contribution is 2.43. The van der Waals surface area contributed by atoms with Gasteiger partial charge in [-0.25, -0.2) is 4.57 Å². The summed E-state index contributed by atoms with van der Waals surface area (Å²) < 4.78 is 35.1. The fourth-order valence-electron chi connectivity index (χ4n) is 5.51. The standard InChI is InChI=1S/C40H80NO6P/c1-6-8-10-12-14-16-18-20-22-24-26-28-30-32-35-44-38-40(39-47-48(42,43)46-37-34-41(3,4)5)45-36-33-31-29-27-25-23-21-19-17-15-13-11-9-7-2/h32-33,35-36,40H,6-31,34,37-39H2,1-5H3/p+1/t40-/m1/s1. The van der Waals surface area contributed by atoms with E-state index >= 15 is 0 Å². The zero-order chi connectivity index (χ0) is 35.4. The minimum absolute atomic E-state index is 0.0896. The van der Waals surface area contributed by atoms with Crippen LogP contribution in [0.25, 0.3) is 0 Å². The van der Waals surface area contributed by atoms with E-state index in [9.17, 15) is 9.46 Å². The smallest absolute Gasteiger partial charge is 0.472 e. The summed E-state index contributed by atoms with van der Waals surface area (Å²) >= 11 is 0. The Morgan fingerprint density at radius 2 is 0.958 bits per heavy atom. The van der Waals surface area contributed by atoms with E-state index in [2.05, 4.69) is 19.9 Å². The molecule has 0 saturated carbocycles. The largest absolute Gasteiger partial charge is 0.498 e. The molecule has 0 aliphatic rings. The topological polar surface area (TPSA) is 74.2 Å². The molecule has 1 N–H and O–H groups in total. The monoisotopic (exact) mass is 703 g/mol. The quantitative estimate of drug-likeness (QED) is 0.0299. The minimum atomic E-state index is -4.17. The van der Waals surface area contributed by atoms with Crippen molar-refractivity contribution in [3.05, 3.63) is 24.7 Å². The van der Waals surface area contributed by atoms with Gasteiger partial charge in [0.2, 0.25) is 0 Å². The first-order valence-electron chi connectivity index (χ1n) is 20.2. The normalized spacial score (nSPS) is 14.2. The molecule has 8 heteroatoms. The van der Waals surface area contributed by atoms with Crippen molar-refractivity contribution in [2.45, 2.75) is 187 Å². The molecule has 0 rings (SSSR count). The van der Waals surface area contributed by atoms with E-state index in [1.165, 1.54) is 148 Å². The Balaban J connectivity index is 4.24. The molecule has 286 valence electrons. The van der Waals surface area contributed by atoms with Gasteiger partial charge in [-0.2, -0.15) is 0 Å². The van der Waals surface area contributed by atoms with Crippen LogP contribution >= 0.6 is 7.82 Å². The van der Waals surface area contributed by atoms with Gasteiger partial charge in [0.05, 0.1) is 40.3 Å². The van der Waals surface area contributed by atoms with Crippen LogP contribution < -0.4 is 0 Å². The molecule has 0 radical (unpaired) electrons. The number of phosphoric acid groups is 1. The maximum atomic E-state index is 12.4. The maximum Gasteiger partial charge on any atom is 0.472 e. The number of unbranched alkanes of at least 4 members (excludes halogenated alkanes) is 24. The van der Waals surface area contributed by atoms with Crippen molar-refractivity contribution in [1.29, 1.82) is 0 Å². The third-order valence-electron chi connectivity index (χ3n) is 8.73. The van der Waals surface area contributed by atoms with Gasteiger partial charge in [-0.1, -0.05) is 155 Å². The molecule has 0 aromatic heterocycles. The van der Waals surface area contributed by atoms with Crippen LogP contribution in [0.1, 0.15) is 181 Å². The van der Waals surface area contributed by atoms with E-state index in [1.54, 1.807) is 12.5 Å². The highest BCUT2D eigenvalue weighted by atomic mass is 31.2. The molecule has 0 spiro atoms. The Bertz CT molecular complexity index is 769. The molecule has 0 fully saturated rings. The molecular formula is C40H81NO6P+. The number of hydrogen-bond acceptors (Lipinski definition) is 5. The van der Waals surface area contributed by atoms with E-state index in [1.807, 2.05) is 27.2 Å². The number of rotatable bonds is 38. The number of nitrogens with zero attached hydrogens (tertiary/aromatic N) is 1. The molecule has 2 atom stereocenters. The van der Waals surface area contributed by atoms with Crippen LogP contribution in [0.15, 0.2) is 24.7 Å². The molecule has 0 aliphatic heterocycles. The fourth-order valence-corrected chi connectivity index (χ4v) is 6.25. The molecule has 0 saturated heterocycles. The summed E-state index contributed by atoms with van der Waals surface area (Å²) in [5.41, 5.74) is 0. The lowest BCUT2D eigenvalue weighted by atomic mass is 10.0. The molecule has 0 aromatic rings. The average molecular weight is 703 g/mol. The Morgan fingerprint density at radius 3 is 1.38 bits per heavy atom. The van der Waals surface area contributed by atoms with Crippen LogP contribution in [-0.2, 0) is 23.1 Å². The molecule has 48 heavy (non-hydrogen) atoms. The predicted octanol–water partition coefficient (Wildman–Crippen LogP) is 12.4. The maximum absolute atomic E-state index is 12.4. The highest BCUT2D eigenvalue weighted by Gasteiger charge is 2.25. The third kappa shape index (κ3) is 38.0. The summed E-state index contributed by atoms with van der Waals surface area (Å²) in [4.78, 5) is 10.2. The lowest BCUT2D eigenvalue weighted by Crippen LogP contribution is -2.37. The summed E-state index contributed by atoms with van der Waals surface area (Å²) in [7, 11) is 1.84. The number of likely N-dealkylation sites (N-methyl/N-ethyl adjacent to an activating group) is 1. The van der Waals surface area contributed by atoms with Crippen molar-refractivity contribution in [3.63, 3.8) is 0 Å². The van der Waals surface area contributed by atoms with Crippen LogP contribution in [-0.4, -0.2) is 63.0 Å². The molecule has 0 heterocycles. The van der Waals surface area contributed by atoms with Crippen molar-refractivity contribution in [2.24, 2.45) is 0 Å². The van der Waals surface area contributed by atoms with Gasteiger partial charge in [0, 0.05) is 0 Å². The van der Waals surface area contributed by atoms with Gasteiger partial charge in [-0.3, -0.25) is 9.05 Å². The SMILES string of the molecule is CCCCCCCCCCCCCCC=COC[C@H](COP(=O)(O)OCC[N+](C)(C)C)OC=CCCCCCCCCCCCCCC. The Morgan fingerprint density at radius 1 is 0.562 bits per heavy atom. The van der Waals surface area contributed by atoms with Crippen molar-refractivity contribution < 1.29 is 32.5 Å². The molecule has 0 aromatic carbocycles. The van der Waals surface area contributed by atoms with Crippen LogP contribution in [0.4, 0.5) is 0 Å². The highest BCUT2D eigenvalue weighted by molar-refractivity contribution is 7.47. The van der Waals surface area contributed by atoms with Crippen molar-refractivity contribution in [2.75, 3.05) is 47.5 Å². The zero-order valence-electron chi connectivity index (χ0n) is 32.5. The van der Waals surface area contributed by atoms with E-state index in [-0.39, 0.29) is 19.8 Å². The summed E-state index contributed by atoms with van der Waals surface area (Å²) in [6.45, 7) is 5.43. The third-order valence-corrected chi connectivity index (χ3v) is 9.71. The van der Waals surface area contributed by atoms with Gasteiger partial charge in [-0.15, -0.1) is 0 Å². The molecular weight excluding hydrogens is 621 g/mol. The van der Waals surface area contributed by atoms with E-state index < -0.39 is 13.9 Å². The number of hydrogen-bond donors (Lipinski definition) is 1. The predicted molar refractivity (Wildman–Crippen MR) is 205 cm³/mol. The zero-order valence-corrected chi connectivity index (χ0v) is 33.4. The fraction of sp³-hybridized carbons (Fsp3) is 0.900. The molecule has 0 aliphatic carbocycles. The number of phosphoric ester groups is 1. The number of ether oxygens (including phenoxy) is 2. The van der Waals surface area contributed by atoms with Crippen molar-refractivity contribution in [1.82, 2.24) is 0 Å². The number of quaternary nitrogens is 1. The first-order chi connectivity index (χ1) is 23.2. The Labute approximate surface area is 298 Å². The first kappa shape index (κ1) is 47.1. The Hall–Kier alpha value is -0.850. The van der Waals surface area contributed by atoms with E-state index in [4.69, 9.17) is 18.5 Å². The first-order valence-corrected chi connectivity index (χ1v) is 21.7. The van der Waals surface area contributed by atoms with Crippen LogP contribution in [0.2, 0.25) is 0 Å². The van der Waals surface area contributed by atoms with E-state index in [0.717, 1.165) is 19.3 Å². The van der Waals surface area contributed by atoms with Gasteiger partial charge < -0.3 is 18.9 Å². The summed E-state index contributed by atoms with van der Waals surface area (Å²) in [6, 6.07) is 0. The summed E-state index contributed by atoms with van der Waals surface area (Å²) in [5.74, 6) is 0. The van der Waals surface area contributed by atoms with Gasteiger partial charge in [0.25, 0.3) is 0 Å². The Kier molecular flexibility index (Phi) is 34.0. The van der Waals surface area contributed by atoms with Gasteiger partial charge in [0.1, 0.15) is 19.8 Å². The lowest BCUT2D eigenvalue weighted by molar-refractivity contribution is -0.870. The molecule has 1 unspecified atom stereocenters. The summed E-state index contributed by atoms with van der Waals surface area (Å²) in [6.07, 6.45) is 41.1. The van der Waals surface area contributed by atoms with Gasteiger partial charge in [0.15, 0.2) is 6.10 Å². The van der Waals surface area contributed by atoms with Crippen LogP contribution in [0.3, 0.4) is 0 Å². The second-order valence-electron chi connectivity index (χ2n) is 14.8. The van der Waals surface area contributed by atoms with Crippen molar-refractivity contribution >= 4 is 7.82 Å². The lowest BCUT2D eigenvalue weighted by Gasteiger charge is -2.24. The molecule has 0 amide bonds. The molecule has 7 nitrogen and oxygen atoms in total. The molecule has 0 bridgehead atoms. The summed E-state index contributed by atoms with van der Waals surface area (Å²) in [5, 5.41) is 0.